The maximum atomic E-state index is 11.7. The number of sulfonamides is 1. The fraction of sp³-hybridized carbons (Fsp3) is 0.250. The summed E-state index contributed by atoms with van der Waals surface area (Å²) in [6, 6.07) is 7.96. The van der Waals surface area contributed by atoms with Gasteiger partial charge in [0.2, 0.25) is 15.7 Å². The molecule has 0 fully saturated rings. The summed E-state index contributed by atoms with van der Waals surface area (Å²) >= 11 is 8.17. The summed E-state index contributed by atoms with van der Waals surface area (Å²) in [5.41, 5.74) is -3.03. The molecule has 0 spiro atoms. The van der Waals surface area contributed by atoms with Gasteiger partial charge in [0.25, 0.3) is 0 Å². The molecule has 0 radical (unpaired) electrons. The number of benzene rings is 1. The van der Waals surface area contributed by atoms with Crippen LogP contribution < -0.4 is 4.72 Å². The highest BCUT2D eigenvalue weighted by atomic mass is 32.9. The first-order valence-electron chi connectivity index (χ1n) is 4.56. The normalized spacial score (nSPS) is 15.4. The maximum absolute atomic E-state index is 11.7. The van der Waals surface area contributed by atoms with Crippen LogP contribution in [0.25, 0.3) is 0 Å². The predicted molar refractivity (Wildman–Crippen MR) is 73.1 cm³/mol. The molecule has 2 N–H and O–H groups in total. The number of hydrogen-bond acceptors (Lipinski definition) is 4. The van der Waals surface area contributed by atoms with Crippen molar-refractivity contribution in [1.29, 1.82) is 0 Å². The lowest BCUT2D eigenvalue weighted by molar-refractivity contribution is 0.325. The van der Waals surface area contributed by atoms with E-state index in [9.17, 15) is 8.42 Å². The summed E-state index contributed by atoms with van der Waals surface area (Å²) < 4.78 is 30.5. The zero-order valence-electron chi connectivity index (χ0n) is 8.68. The van der Waals surface area contributed by atoms with Crippen molar-refractivity contribution in [3.05, 3.63) is 30.3 Å². The van der Waals surface area contributed by atoms with Crippen molar-refractivity contribution < 1.29 is 17.8 Å². The van der Waals surface area contributed by atoms with Gasteiger partial charge in [-0.2, -0.15) is 0 Å². The number of hydrogen-bond donors (Lipinski definition) is 3. The maximum Gasteiger partial charge on any atom is 0.241 e. The Morgan fingerprint density at radius 1 is 1.41 bits per heavy atom. The lowest BCUT2D eigenvalue weighted by Gasteiger charge is -2.10. The van der Waals surface area contributed by atoms with Crippen LogP contribution in [0.5, 0.6) is 0 Å². The zero-order chi connectivity index (χ0) is 12.9. The first-order chi connectivity index (χ1) is 7.81. The van der Waals surface area contributed by atoms with Gasteiger partial charge in [-0.15, -0.1) is 0 Å². The lowest BCUT2D eigenvalue weighted by Crippen LogP contribution is -2.27. The third-order valence-corrected chi connectivity index (χ3v) is 4.37. The van der Waals surface area contributed by atoms with Crippen LogP contribution in [0.1, 0.15) is 0 Å². The average Bonchev–Trinajstić information content (AvgIpc) is 2.25. The van der Waals surface area contributed by atoms with Gasteiger partial charge in [0.1, 0.15) is 0 Å². The Morgan fingerprint density at radius 2 is 2.00 bits per heavy atom. The highest BCUT2D eigenvalue weighted by molar-refractivity contribution is 8.59. The molecule has 1 atom stereocenters. The number of rotatable bonds is 6. The van der Waals surface area contributed by atoms with Crippen LogP contribution >= 0.6 is 17.9 Å². The highest BCUT2D eigenvalue weighted by Crippen LogP contribution is 2.46. The summed E-state index contributed by atoms with van der Waals surface area (Å²) in [6.07, 6.45) is 0. The topological polar surface area (TPSA) is 75.6 Å². The minimum absolute atomic E-state index is 0.0245. The van der Waals surface area contributed by atoms with Crippen LogP contribution in [0.2, 0.25) is 0 Å². The summed E-state index contributed by atoms with van der Waals surface area (Å²) in [4.78, 5) is 9.23. The van der Waals surface area contributed by atoms with Crippen molar-refractivity contribution in [3.8, 4) is 0 Å². The Labute approximate surface area is 111 Å². The van der Waals surface area contributed by atoms with E-state index in [2.05, 4.69) is 28.8 Å². The second kappa shape index (κ2) is 6.29. The summed E-state index contributed by atoms with van der Waals surface area (Å²) in [5, 5.41) is 0. The van der Waals surface area contributed by atoms with Gasteiger partial charge in [0.05, 0.1) is 11.5 Å². The molecule has 1 unspecified atom stereocenters. The molecule has 1 aromatic rings. The molecular weight excluding hydrogens is 301 g/mol. The lowest BCUT2D eigenvalue weighted by atomic mass is 10.4. The van der Waals surface area contributed by atoms with Gasteiger partial charge in [-0.1, -0.05) is 30.4 Å². The van der Waals surface area contributed by atoms with Gasteiger partial charge < -0.3 is 9.42 Å². The van der Waals surface area contributed by atoms with Crippen molar-refractivity contribution in [2.75, 3.05) is 13.2 Å². The molecule has 5 nitrogen and oxygen atoms in total. The van der Waals surface area contributed by atoms with Gasteiger partial charge in [0.15, 0.2) is 0 Å². The molecule has 96 valence electrons. The molecule has 9 heteroatoms. The summed E-state index contributed by atoms with van der Waals surface area (Å²) in [7, 11) is -3.54. The summed E-state index contributed by atoms with van der Waals surface area (Å²) in [6.45, 7) is 0.0000783. The Kier molecular flexibility index (Phi) is 5.59. The molecule has 0 aliphatic heterocycles. The van der Waals surface area contributed by atoms with Crippen LogP contribution in [-0.4, -0.2) is 26.5 Å². The first kappa shape index (κ1) is 15.1. The Bertz CT molecular complexity index is 499. The van der Waals surface area contributed by atoms with Crippen LogP contribution in [0, 0.1) is 0 Å². The smallest absolute Gasteiger partial charge is 0.241 e. The van der Waals surface area contributed by atoms with Crippen molar-refractivity contribution in [2.24, 2.45) is 0 Å². The molecule has 17 heavy (non-hydrogen) atoms. The fourth-order valence-electron chi connectivity index (χ4n) is 1.02. The van der Waals surface area contributed by atoms with Gasteiger partial charge in [-0.25, -0.2) is 13.1 Å². The molecule has 0 heterocycles. The standard InChI is InChI=1S/C8H12NO4PS3/c10-14(15,16)13-7-6-9-17(11,12)8-4-2-1-3-5-8/h1-5,9H,6-7H2,(H2,10,15,16). The summed E-state index contributed by atoms with van der Waals surface area (Å²) in [5.74, 6) is 0. The van der Waals surface area contributed by atoms with E-state index in [1.807, 2.05) is 0 Å². The number of thiol groups is 1. The second-order valence-corrected chi connectivity index (χ2v) is 9.96. The monoisotopic (exact) mass is 313 g/mol. The SMILES string of the molecule is O=S(=O)(NCCOP(O)(=S)S)c1ccccc1. The van der Waals surface area contributed by atoms with E-state index in [0.717, 1.165) is 0 Å². The van der Waals surface area contributed by atoms with Gasteiger partial charge in [0, 0.05) is 6.54 Å². The van der Waals surface area contributed by atoms with E-state index in [0.29, 0.717) is 0 Å². The predicted octanol–water partition coefficient (Wildman–Crippen LogP) is 1.13. The van der Waals surface area contributed by atoms with Gasteiger partial charge in [-0.05, 0) is 23.9 Å². The van der Waals surface area contributed by atoms with Crippen molar-refractivity contribution in [2.45, 2.75) is 4.90 Å². The first-order valence-corrected chi connectivity index (χ1v) is 9.87. The Hall–Kier alpha value is 0.0500. The van der Waals surface area contributed by atoms with Crippen molar-refractivity contribution in [1.82, 2.24) is 4.72 Å². The van der Waals surface area contributed by atoms with Gasteiger partial charge >= 0.3 is 0 Å². The van der Waals surface area contributed by atoms with E-state index in [1.165, 1.54) is 12.1 Å². The van der Waals surface area contributed by atoms with E-state index in [-0.39, 0.29) is 18.0 Å². The molecule has 0 aromatic heterocycles. The minimum atomic E-state index is -3.54. The van der Waals surface area contributed by atoms with E-state index < -0.39 is 15.7 Å². The van der Waals surface area contributed by atoms with Crippen molar-refractivity contribution in [3.63, 3.8) is 0 Å². The number of nitrogens with one attached hydrogen (secondary N) is 1. The molecule has 1 aromatic carbocycles. The third kappa shape index (κ3) is 5.96. The van der Waals surface area contributed by atoms with E-state index in [4.69, 9.17) is 9.42 Å². The molecule has 0 saturated carbocycles. The molecule has 0 aliphatic rings. The average molecular weight is 313 g/mol. The molecule has 1 rings (SSSR count). The Morgan fingerprint density at radius 3 is 2.53 bits per heavy atom. The second-order valence-electron chi connectivity index (χ2n) is 3.03. The van der Waals surface area contributed by atoms with Crippen molar-refractivity contribution >= 4 is 39.8 Å². The van der Waals surface area contributed by atoms with E-state index in [1.54, 1.807) is 18.2 Å². The van der Waals surface area contributed by atoms with Gasteiger partial charge in [-0.3, -0.25) is 0 Å². The van der Waals surface area contributed by atoms with E-state index >= 15 is 0 Å². The minimum Gasteiger partial charge on any atom is -0.338 e. The molecular formula is C8H12NO4PS3. The quantitative estimate of drug-likeness (QED) is 0.417. The molecule has 0 saturated heterocycles. The van der Waals surface area contributed by atoms with Crippen LogP contribution in [0.3, 0.4) is 0 Å². The molecule has 0 aliphatic carbocycles. The molecule has 0 bridgehead atoms. The highest BCUT2D eigenvalue weighted by Gasteiger charge is 2.13. The van der Waals surface area contributed by atoms with Crippen LogP contribution in [-0.2, 0) is 26.4 Å². The van der Waals surface area contributed by atoms with Crippen LogP contribution in [0.15, 0.2) is 35.2 Å². The van der Waals surface area contributed by atoms with Crippen LogP contribution in [0.4, 0.5) is 0 Å². The Balaban J connectivity index is 2.50. The fourth-order valence-corrected chi connectivity index (χ4v) is 2.86. The largest absolute Gasteiger partial charge is 0.338 e. The zero-order valence-corrected chi connectivity index (χ0v) is 12.1. The third-order valence-electron chi connectivity index (χ3n) is 1.71. The molecule has 0 amide bonds.